The van der Waals surface area contributed by atoms with E-state index in [0.29, 0.717) is 24.6 Å². The number of aryl methyl sites for hydroxylation is 1. The Hall–Kier alpha value is -3.75. The number of fused-ring (bicyclic) bond motifs is 1. The van der Waals surface area contributed by atoms with Crippen molar-refractivity contribution in [2.75, 3.05) is 20.2 Å². The molecule has 0 amide bonds. The first-order valence-electron chi connectivity index (χ1n) is 11.5. The first-order chi connectivity index (χ1) is 16.9. The molecule has 0 bridgehead atoms. The third-order valence-corrected chi connectivity index (χ3v) is 6.30. The minimum Gasteiger partial charge on any atom is -0.495 e. The first-order valence-corrected chi connectivity index (χ1v) is 11.5. The summed E-state index contributed by atoms with van der Waals surface area (Å²) >= 11 is 0. The summed E-state index contributed by atoms with van der Waals surface area (Å²) < 4.78 is 48.4. The van der Waals surface area contributed by atoms with E-state index in [2.05, 4.69) is 21.1 Å². The quantitative estimate of drug-likeness (QED) is 0.457. The van der Waals surface area contributed by atoms with Gasteiger partial charge in [0.05, 0.1) is 24.8 Å². The van der Waals surface area contributed by atoms with Crippen molar-refractivity contribution >= 4 is 11.9 Å². The molecule has 3 aromatic rings. The number of imidazole rings is 1. The third-order valence-electron chi connectivity index (χ3n) is 6.30. The largest absolute Gasteiger partial charge is 0.495 e. The Balaban J connectivity index is 1.43. The van der Waals surface area contributed by atoms with Gasteiger partial charge in [0, 0.05) is 31.3 Å². The molecule has 0 radical (unpaired) electrons. The maximum Gasteiger partial charge on any atom is 0.194 e. The van der Waals surface area contributed by atoms with E-state index in [0.717, 1.165) is 54.0 Å². The van der Waals surface area contributed by atoms with Crippen molar-refractivity contribution in [2.45, 2.75) is 32.3 Å². The van der Waals surface area contributed by atoms with E-state index < -0.39 is 23.6 Å². The lowest BCUT2D eigenvalue weighted by atomic mass is 9.99. The van der Waals surface area contributed by atoms with Crippen LogP contribution in [0.3, 0.4) is 0 Å². The number of ether oxygens (including phenoxy) is 1. The number of amidine groups is 1. The fourth-order valence-corrected chi connectivity index (χ4v) is 4.53. The summed E-state index contributed by atoms with van der Waals surface area (Å²) in [5.41, 5.74) is 3.98. The second-order valence-corrected chi connectivity index (χ2v) is 8.71. The van der Waals surface area contributed by atoms with Crippen molar-refractivity contribution in [2.24, 2.45) is 5.16 Å². The molecule has 0 unspecified atom stereocenters. The number of hydrogen-bond donors (Lipinski definition) is 0. The van der Waals surface area contributed by atoms with Crippen LogP contribution in [0.1, 0.15) is 42.2 Å². The lowest BCUT2D eigenvalue weighted by Crippen LogP contribution is -2.37. The van der Waals surface area contributed by atoms with Crippen LogP contribution in [0.2, 0.25) is 0 Å². The molecule has 0 aliphatic carbocycles. The maximum absolute atomic E-state index is 13.8. The molecule has 2 aliphatic rings. The van der Waals surface area contributed by atoms with Crippen LogP contribution in [-0.4, -0.2) is 40.5 Å². The summed E-state index contributed by atoms with van der Waals surface area (Å²) in [6, 6.07) is 7.89. The number of hydrogen-bond acceptors (Lipinski definition) is 5. The number of rotatable bonds is 4. The Labute approximate surface area is 201 Å². The van der Waals surface area contributed by atoms with Crippen molar-refractivity contribution < 1.29 is 22.7 Å². The molecule has 0 N–H and O–H groups in total. The van der Waals surface area contributed by atoms with Gasteiger partial charge in [0.25, 0.3) is 0 Å². The number of piperidine rings is 1. The molecule has 1 fully saturated rings. The number of aromatic nitrogens is 2. The van der Waals surface area contributed by atoms with E-state index in [1.54, 1.807) is 13.4 Å². The van der Waals surface area contributed by atoms with Crippen molar-refractivity contribution in [1.29, 1.82) is 0 Å². The summed E-state index contributed by atoms with van der Waals surface area (Å²) in [6.45, 7) is 3.34. The van der Waals surface area contributed by atoms with Crippen molar-refractivity contribution in [3.8, 4) is 11.4 Å². The molecule has 2 aromatic carbocycles. The van der Waals surface area contributed by atoms with Gasteiger partial charge in [-0.1, -0.05) is 11.2 Å². The average Bonchev–Trinajstić information content (AvgIpc) is 3.16. The Morgan fingerprint density at radius 1 is 1.11 bits per heavy atom. The van der Waals surface area contributed by atoms with Gasteiger partial charge < -0.3 is 19.0 Å². The van der Waals surface area contributed by atoms with Crippen LogP contribution in [0.25, 0.3) is 11.8 Å². The molecule has 3 heterocycles. The number of oxime groups is 1. The van der Waals surface area contributed by atoms with E-state index in [9.17, 15) is 13.2 Å². The van der Waals surface area contributed by atoms with Gasteiger partial charge in [-0.25, -0.2) is 18.2 Å². The van der Waals surface area contributed by atoms with E-state index >= 15 is 0 Å². The van der Waals surface area contributed by atoms with E-state index in [1.165, 1.54) is 0 Å². The monoisotopic (exact) mass is 482 g/mol. The molecule has 182 valence electrons. The van der Waals surface area contributed by atoms with Crippen LogP contribution in [-0.2, 0) is 4.84 Å². The smallest absolute Gasteiger partial charge is 0.194 e. The lowest BCUT2D eigenvalue weighted by molar-refractivity contribution is 0.0570. The van der Waals surface area contributed by atoms with Crippen LogP contribution >= 0.6 is 0 Å². The van der Waals surface area contributed by atoms with Crippen LogP contribution in [0.4, 0.5) is 13.2 Å². The molecule has 2 aliphatic heterocycles. The summed E-state index contributed by atoms with van der Waals surface area (Å²) in [4.78, 5) is 12.1. The third kappa shape index (κ3) is 4.62. The highest BCUT2D eigenvalue weighted by Crippen LogP contribution is 2.32. The first kappa shape index (κ1) is 23.0. The molecule has 1 saturated heterocycles. The Kier molecular flexibility index (Phi) is 6.23. The minimum absolute atomic E-state index is 0.228. The molecule has 6 nitrogen and oxygen atoms in total. The van der Waals surface area contributed by atoms with Crippen molar-refractivity contribution in [3.63, 3.8) is 0 Å². The number of methoxy groups -OCH3 is 1. The van der Waals surface area contributed by atoms with Gasteiger partial charge in [-0.2, -0.15) is 0 Å². The van der Waals surface area contributed by atoms with Gasteiger partial charge in [0.2, 0.25) is 0 Å². The zero-order valence-electron chi connectivity index (χ0n) is 19.5. The molecule has 0 saturated carbocycles. The fraction of sp³-hybridized carbons (Fsp3) is 0.308. The molecule has 1 atom stereocenters. The molecular formula is C26H25F3N4O2. The number of halogens is 3. The van der Waals surface area contributed by atoms with Gasteiger partial charge in [0.15, 0.2) is 29.4 Å². The van der Waals surface area contributed by atoms with Crippen LogP contribution in [0.15, 0.2) is 53.6 Å². The van der Waals surface area contributed by atoms with Gasteiger partial charge in [-0.05, 0) is 61.2 Å². The van der Waals surface area contributed by atoms with Gasteiger partial charge in [-0.3, -0.25) is 0 Å². The zero-order valence-corrected chi connectivity index (χ0v) is 19.5. The average molecular weight is 483 g/mol. The van der Waals surface area contributed by atoms with E-state index in [4.69, 9.17) is 9.57 Å². The highest BCUT2D eigenvalue weighted by atomic mass is 19.2. The highest BCUT2D eigenvalue weighted by molar-refractivity contribution is 6.02. The summed E-state index contributed by atoms with van der Waals surface area (Å²) in [6.07, 6.45) is 7.29. The topological polar surface area (TPSA) is 51.9 Å². The predicted molar refractivity (Wildman–Crippen MR) is 126 cm³/mol. The normalized spacial score (nSPS) is 19.1. The zero-order chi connectivity index (χ0) is 24.5. The van der Waals surface area contributed by atoms with Crippen LogP contribution < -0.4 is 4.74 Å². The van der Waals surface area contributed by atoms with Gasteiger partial charge in [-0.15, -0.1) is 0 Å². The standard InChI is InChI=1S/C26H25F3N4O2/c1-16-14-33(15-30-16)22-6-5-17(11-24(22)34-2)10-18-4-3-8-32-9-7-23(35-31-26(18)32)19-12-20(27)25(29)21(28)13-19/h5-6,10-15,23H,3-4,7-9H2,1-2H3/t23-/m1/s1. The molecule has 9 heteroatoms. The van der Waals surface area contributed by atoms with Crippen molar-refractivity contribution in [3.05, 3.63) is 82.7 Å². The Morgan fingerprint density at radius 2 is 1.91 bits per heavy atom. The van der Waals surface area contributed by atoms with Gasteiger partial charge >= 0.3 is 0 Å². The number of benzene rings is 2. The van der Waals surface area contributed by atoms with Gasteiger partial charge in [0.1, 0.15) is 5.75 Å². The molecule has 1 aromatic heterocycles. The maximum atomic E-state index is 13.8. The SMILES string of the molecule is COc1cc(C=C2CCCN3CC[C@H](c4cc(F)c(F)c(F)c4)ON=C23)ccc1-n1cnc(C)c1. The Bertz CT molecular complexity index is 1290. The fourth-order valence-electron chi connectivity index (χ4n) is 4.53. The van der Waals surface area contributed by atoms with E-state index in [1.807, 2.05) is 35.9 Å². The second-order valence-electron chi connectivity index (χ2n) is 8.71. The molecule has 35 heavy (non-hydrogen) atoms. The summed E-state index contributed by atoms with van der Waals surface area (Å²) in [5, 5.41) is 4.36. The molecule has 0 spiro atoms. The summed E-state index contributed by atoms with van der Waals surface area (Å²) in [5.74, 6) is -2.54. The highest BCUT2D eigenvalue weighted by Gasteiger charge is 2.28. The van der Waals surface area contributed by atoms with Crippen LogP contribution in [0, 0.1) is 24.4 Å². The second kappa shape index (κ2) is 9.48. The lowest BCUT2D eigenvalue weighted by Gasteiger charge is -2.29. The molecule has 5 rings (SSSR count). The van der Waals surface area contributed by atoms with Crippen LogP contribution in [0.5, 0.6) is 5.75 Å². The Morgan fingerprint density at radius 3 is 2.63 bits per heavy atom. The minimum atomic E-state index is -1.49. The predicted octanol–water partition coefficient (Wildman–Crippen LogP) is 5.56. The summed E-state index contributed by atoms with van der Waals surface area (Å²) in [7, 11) is 1.63. The van der Waals surface area contributed by atoms with E-state index in [-0.39, 0.29) is 5.56 Å². The molecular weight excluding hydrogens is 457 g/mol. The number of nitrogens with zero attached hydrogens (tertiary/aromatic N) is 4. The van der Waals surface area contributed by atoms with Crippen molar-refractivity contribution in [1.82, 2.24) is 14.5 Å².